The third kappa shape index (κ3) is 5.28. The Morgan fingerprint density at radius 3 is 2.17 bits per heavy atom. The van der Waals surface area contributed by atoms with Gasteiger partial charge in [0.1, 0.15) is 5.60 Å². The van der Waals surface area contributed by atoms with E-state index in [4.69, 9.17) is 4.74 Å². The second kappa shape index (κ2) is 5.94. The van der Waals surface area contributed by atoms with Crippen molar-refractivity contribution in [1.29, 1.82) is 0 Å². The first-order chi connectivity index (χ1) is 8.21. The molecule has 1 rings (SSSR count). The molecule has 3 nitrogen and oxygen atoms in total. The van der Waals surface area contributed by atoms with E-state index >= 15 is 0 Å². The Balaban J connectivity index is 2.41. The first kappa shape index (κ1) is 15.3. The van der Waals surface area contributed by atoms with Crippen LogP contribution in [0.1, 0.15) is 66.7 Å². The lowest BCUT2D eigenvalue weighted by molar-refractivity contribution is -0.0192. The third-order valence-corrected chi connectivity index (χ3v) is 3.71. The van der Waals surface area contributed by atoms with E-state index in [9.17, 15) is 4.79 Å². The van der Waals surface area contributed by atoms with Crippen molar-refractivity contribution in [3.8, 4) is 0 Å². The van der Waals surface area contributed by atoms with E-state index in [1.165, 1.54) is 32.1 Å². The molecule has 1 aliphatic carbocycles. The van der Waals surface area contributed by atoms with Crippen LogP contribution < -0.4 is 5.32 Å². The van der Waals surface area contributed by atoms with Crippen molar-refractivity contribution < 1.29 is 9.53 Å². The number of hydrogen-bond acceptors (Lipinski definition) is 2. The van der Waals surface area contributed by atoms with Crippen molar-refractivity contribution in [3.05, 3.63) is 0 Å². The van der Waals surface area contributed by atoms with Crippen LogP contribution in [0.15, 0.2) is 0 Å². The predicted octanol–water partition coefficient (Wildman–Crippen LogP) is 4.12. The second-order valence-corrected chi connectivity index (χ2v) is 7.24. The molecule has 1 N–H and O–H groups in total. The zero-order chi connectivity index (χ0) is 13.8. The molecule has 1 saturated carbocycles. The number of nitrogens with one attached hydrogen (secondary N) is 1. The molecule has 0 atom stereocenters. The minimum Gasteiger partial charge on any atom is -0.443 e. The molecule has 0 aromatic rings. The first-order valence-corrected chi connectivity index (χ1v) is 7.17. The first-order valence-electron chi connectivity index (χ1n) is 7.17. The standard InChI is InChI=1S/C15H29NO2/c1-14(2,3)11-16-13(17)18-15(4,5)12-9-7-6-8-10-12/h12H,6-11H2,1-5H3,(H,16,17). The van der Waals surface area contributed by atoms with E-state index in [1.807, 2.05) is 13.8 Å². The lowest BCUT2D eigenvalue weighted by Crippen LogP contribution is -2.42. The van der Waals surface area contributed by atoms with E-state index in [0.29, 0.717) is 12.5 Å². The highest BCUT2D eigenvalue weighted by Gasteiger charge is 2.34. The van der Waals surface area contributed by atoms with E-state index in [1.54, 1.807) is 0 Å². The SMILES string of the molecule is CC(C)(C)CNC(=O)OC(C)(C)C1CCCCC1. The van der Waals surface area contributed by atoms with Gasteiger partial charge in [-0.1, -0.05) is 40.0 Å². The summed E-state index contributed by atoms with van der Waals surface area (Å²) in [7, 11) is 0. The van der Waals surface area contributed by atoms with Gasteiger partial charge < -0.3 is 10.1 Å². The van der Waals surface area contributed by atoms with Crippen LogP contribution in [0.4, 0.5) is 4.79 Å². The lowest BCUT2D eigenvalue weighted by Gasteiger charge is -2.36. The van der Waals surface area contributed by atoms with Crippen molar-refractivity contribution in [2.24, 2.45) is 11.3 Å². The van der Waals surface area contributed by atoms with Crippen LogP contribution in [0.3, 0.4) is 0 Å². The Morgan fingerprint density at radius 2 is 1.67 bits per heavy atom. The van der Waals surface area contributed by atoms with E-state index in [-0.39, 0.29) is 17.1 Å². The van der Waals surface area contributed by atoms with E-state index < -0.39 is 0 Å². The maximum Gasteiger partial charge on any atom is 0.407 e. The fourth-order valence-electron chi connectivity index (χ4n) is 2.49. The van der Waals surface area contributed by atoms with Gasteiger partial charge in [0.2, 0.25) is 0 Å². The summed E-state index contributed by atoms with van der Waals surface area (Å²) in [6.45, 7) is 11.0. The molecule has 0 heterocycles. The number of amides is 1. The Bertz CT molecular complexity index is 273. The molecule has 0 aromatic heterocycles. The Morgan fingerprint density at radius 1 is 1.11 bits per heavy atom. The number of hydrogen-bond donors (Lipinski definition) is 1. The van der Waals surface area contributed by atoms with Crippen molar-refractivity contribution in [2.75, 3.05) is 6.54 Å². The Hall–Kier alpha value is -0.730. The monoisotopic (exact) mass is 255 g/mol. The van der Waals surface area contributed by atoms with Crippen LogP contribution in [0.25, 0.3) is 0 Å². The smallest absolute Gasteiger partial charge is 0.407 e. The quantitative estimate of drug-likeness (QED) is 0.824. The van der Waals surface area contributed by atoms with Crippen LogP contribution in [-0.2, 0) is 4.74 Å². The summed E-state index contributed by atoms with van der Waals surface area (Å²) >= 11 is 0. The molecule has 1 fully saturated rings. The number of rotatable bonds is 3. The van der Waals surface area contributed by atoms with Crippen molar-refractivity contribution >= 4 is 6.09 Å². The highest BCUT2D eigenvalue weighted by molar-refractivity contribution is 5.67. The van der Waals surface area contributed by atoms with E-state index in [0.717, 1.165) is 0 Å². The van der Waals surface area contributed by atoms with Crippen LogP contribution >= 0.6 is 0 Å². The molecular weight excluding hydrogens is 226 g/mol. The minimum absolute atomic E-state index is 0.0913. The fraction of sp³-hybridized carbons (Fsp3) is 0.933. The summed E-state index contributed by atoms with van der Waals surface area (Å²) in [5, 5.41) is 2.86. The summed E-state index contributed by atoms with van der Waals surface area (Å²) in [5.41, 5.74) is -0.254. The molecule has 0 saturated heterocycles. The van der Waals surface area contributed by atoms with Gasteiger partial charge in [-0.2, -0.15) is 0 Å². The molecule has 0 radical (unpaired) electrons. The molecule has 0 spiro atoms. The maximum absolute atomic E-state index is 11.8. The van der Waals surface area contributed by atoms with Crippen LogP contribution in [0.2, 0.25) is 0 Å². The third-order valence-electron chi connectivity index (χ3n) is 3.71. The van der Waals surface area contributed by atoms with Gasteiger partial charge >= 0.3 is 6.09 Å². The molecule has 106 valence electrons. The summed E-state index contributed by atoms with van der Waals surface area (Å²) < 4.78 is 5.62. The van der Waals surface area contributed by atoms with Crippen molar-refractivity contribution in [2.45, 2.75) is 72.3 Å². The number of ether oxygens (including phenoxy) is 1. The summed E-state index contributed by atoms with van der Waals surface area (Å²) in [5.74, 6) is 0.506. The van der Waals surface area contributed by atoms with Gasteiger partial charge in [0, 0.05) is 6.54 Å². The zero-order valence-corrected chi connectivity index (χ0v) is 12.6. The van der Waals surface area contributed by atoms with Gasteiger partial charge in [-0.15, -0.1) is 0 Å². The van der Waals surface area contributed by atoms with Crippen LogP contribution in [0.5, 0.6) is 0 Å². The molecular formula is C15H29NO2. The average Bonchev–Trinajstić information content (AvgIpc) is 2.26. The molecule has 1 amide bonds. The number of alkyl carbamates (subject to hydrolysis) is 1. The predicted molar refractivity (Wildman–Crippen MR) is 74.6 cm³/mol. The number of carbonyl (C=O) groups is 1. The average molecular weight is 255 g/mol. The highest BCUT2D eigenvalue weighted by Crippen LogP contribution is 2.34. The van der Waals surface area contributed by atoms with Crippen LogP contribution in [0, 0.1) is 11.3 Å². The van der Waals surface area contributed by atoms with Crippen molar-refractivity contribution in [1.82, 2.24) is 5.32 Å². The Kier molecular flexibility index (Phi) is 5.06. The molecule has 0 bridgehead atoms. The summed E-state index contributed by atoms with van der Waals surface area (Å²) in [6.07, 6.45) is 5.94. The van der Waals surface area contributed by atoms with Gasteiger partial charge in [0.05, 0.1) is 0 Å². The minimum atomic E-state index is -0.345. The van der Waals surface area contributed by atoms with Gasteiger partial charge in [-0.05, 0) is 38.0 Å². The van der Waals surface area contributed by atoms with Crippen molar-refractivity contribution in [3.63, 3.8) is 0 Å². The normalized spacial score (nSPS) is 18.5. The number of carbonyl (C=O) groups excluding carboxylic acids is 1. The summed E-state index contributed by atoms with van der Waals surface area (Å²) in [6, 6.07) is 0. The van der Waals surface area contributed by atoms with Crippen LogP contribution in [-0.4, -0.2) is 18.2 Å². The molecule has 0 aliphatic heterocycles. The Labute approximate surface area is 112 Å². The lowest BCUT2D eigenvalue weighted by atomic mass is 9.79. The van der Waals surface area contributed by atoms with Gasteiger partial charge in [-0.3, -0.25) is 0 Å². The second-order valence-electron chi connectivity index (χ2n) is 7.24. The summed E-state index contributed by atoms with van der Waals surface area (Å²) in [4.78, 5) is 11.8. The van der Waals surface area contributed by atoms with E-state index in [2.05, 4.69) is 26.1 Å². The molecule has 18 heavy (non-hydrogen) atoms. The molecule has 3 heteroatoms. The zero-order valence-electron chi connectivity index (χ0n) is 12.6. The molecule has 1 aliphatic rings. The molecule has 0 aromatic carbocycles. The van der Waals surface area contributed by atoms with Gasteiger partial charge in [0.15, 0.2) is 0 Å². The molecule has 0 unspecified atom stereocenters. The fourth-order valence-corrected chi connectivity index (χ4v) is 2.49. The largest absolute Gasteiger partial charge is 0.443 e. The van der Waals surface area contributed by atoms with Gasteiger partial charge in [0.25, 0.3) is 0 Å². The highest BCUT2D eigenvalue weighted by atomic mass is 16.6. The van der Waals surface area contributed by atoms with Gasteiger partial charge in [-0.25, -0.2) is 4.79 Å². The maximum atomic E-state index is 11.8. The topological polar surface area (TPSA) is 38.3 Å².